The summed E-state index contributed by atoms with van der Waals surface area (Å²) in [5.74, 6) is 0. The highest BCUT2D eigenvalue weighted by atomic mass is 16.7. The molecule has 0 saturated carbocycles. The summed E-state index contributed by atoms with van der Waals surface area (Å²) >= 11 is 0. The Kier molecular flexibility index (Phi) is 5.87. The molecule has 2 heteroatoms. The van der Waals surface area contributed by atoms with Crippen molar-refractivity contribution in [3.8, 4) is 0 Å². The number of hydrogen-bond acceptors (Lipinski definition) is 2. The van der Waals surface area contributed by atoms with E-state index in [-0.39, 0.29) is 11.7 Å². The van der Waals surface area contributed by atoms with Gasteiger partial charge in [0.2, 0.25) is 0 Å². The van der Waals surface area contributed by atoms with E-state index >= 15 is 0 Å². The minimum Gasteiger partial charge on any atom is -0.349 e. The van der Waals surface area contributed by atoms with Gasteiger partial charge < -0.3 is 9.47 Å². The van der Waals surface area contributed by atoms with Crippen molar-refractivity contribution in [3.63, 3.8) is 0 Å². The van der Waals surface area contributed by atoms with Gasteiger partial charge in [-0.05, 0) is 45.3 Å². The molecule has 0 aromatic carbocycles. The first kappa shape index (κ1) is 15.2. The van der Waals surface area contributed by atoms with E-state index in [1.165, 1.54) is 11.1 Å². The number of ether oxygens (including phenoxy) is 2. The molecule has 1 rings (SSSR count). The van der Waals surface area contributed by atoms with Crippen LogP contribution in [-0.4, -0.2) is 19.5 Å². The molecule has 2 nitrogen and oxygen atoms in total. The monoisotopic (exact) mass is 250 g/mol. The van der Waals surface area contributed by atoms with E-state index in [9.17, 15) is 0 Å². The van der Waals surface area contributed by atoms with Crippen LogP contribution in [0.15, 0.2) is 29.0 Å². The SMILES string of the molecule is CC(=C=CC(C)(C)C1OCCO1)CCC=C(C)C. The van der Waals surface area contributed by atoms with Crippen molar-refractivity contribution < 1.29 is 9.47 Å². The summed E-state index contributed by atoms with van der Waals surface area (Å²) in [5.41, 5.74) is 5.91. The highest BCUT2D eigenvalue weighted by molar-refractivity contribution is 5.06. The summed E-state index contributed by atoms with van der Waals surface area (Å²) in [6.45, 7) is 12.0. The van der Waals surface area contributed by atoms with E-state index in [0.29, 0.717) is 13.2 Å². The van der Waals surface area contributed by atoms with Crippen LogP contribution in [0.5, 0.6) is 0 Å². The summed E-state index contributed by atoms with van der Waals surface area (Å²) in [6, 6.07) is 0. The number of allylic oxidation sites excluding steroid dienone is 2. The van der Waals surface area contributed by atoms with Crippen LogP contribution >= 0.6 is 0 Å². The lowest BCUT2D eigenvalue weighted by molar-refractivity contribution is -0.101. The molecule has 0 bridgehead atoms. The third-order valence-corrected chi connectivity index (χ3v) is 2.99. The van der Waals surface area contributed by atoms with E-state index in [0.717, 1.165) is 12.8 Å². The maximum atomic E-state index is 5.55. The maximum Gasteiger partial charge on any atom is 0.166 e. The molecule has 0 aliphatic carbocycles. The van der Waals surface area contributed by atoms with Crippen LogP contribution < -0.4 is 0 Å². The molecule has 1 heterocycles. The molecular formula is C16H26O2. The van der Waals surface area contributed by atoms with Crippen molar-refractivity contribution in [2.24, 2.45) is 5.41 Å². The zero-order chi connectivity index (χ0) is 13.6. The molecule has 0 aromatic heterocycles. The molecule has 1 aliphatic heterocycles. The summed E-state index contributed by atoms with van der Waals surface area (Å²) in [7, 11) is 0. The molecular weight excluding hydrogens is 224 g/mol. The molecule has 0 radical (unpaired) electrons. The van der Waals surface area contributed by atoms with Gasteiger partial charge >= 0.3 is 0 Å². The Morgan fingerprint density at radius 1 is 1.22 bits per heavy atom. The second-order valence-corrected chi connectivity index (χ2v) is 5.78. The van der Waals surface area contributed by atoms with Crippen LogP contribution in [0.3, 0.4) is 0 Å². The van der Waals surface area contributed by atoms with E-state index in [1.807, 2.05) is 0 Å². The molecule has 18 heavy (non-hydrogen) atoms. The van der Waals surface area contributed by atoms with Crippen LogP contribution in [-0.2, 0) is 9.47 Å². The van der Waals surface area contributed by atoms with Crippen molar-refractivity contribution in [2.75, 3.05) is 13.2 Å². The van der Waals surface area contributed by atoms with Crippen molar-refractivity contribution in [1.29, 1.82) is 0 Å². The van der Waals surface area contributed by atoms with Crippen molar-refractivity contribution >= 4 is 0 Å². The normalized spacial score (nSPS) is 16.3. The van der Waals surface area contributed by atoms with Crippen molar-refractivity contribution in [3.05, 3.63) is 29.0 Å². The predicted octanol–water partition coefficient (Wildman–Crippen LogP) is 4.23. The molecule has 0 unspecified atom stereocenters. The average Bonchev–Trinajstić information content (AvgIpc) is 2.80. The number of hydrogen-bond donors (Lipinski definition) is 0. The first-order valence-electron chi connectivity index (χ1n) is 6.72. The molecule has 102 valence electrons. The van der Waals surface area contributed by atoms with Gasteiger partial charge in [-0.25, -0.2) is 0 Å². The topological polar surface area (TPSA) is 18.5 Å². The molecule has 1 aliphatic rings. The third kappa shape index (κ3) is 5.22. The highest BCUT2D eigenvalue weighted by Gasteiger charge is 2.31. The predicted molar refractivity (Wildman–Crippen MR) is 75.4 cm³/mol. The lowest BCUT2D eigenvalue weighted by Crippen LogP contribution is -2.27. The van der Waals surface area contributed by atoms with Gasteiger partial charge in [0.25, 0.3) is 0 Å². The molecule has 1 saturated heterocycles. The van der Waals surface area contributed by atoms with Crippen LogP contribution in [0.25, 0.3) is 0 Å². The van der Waals surface area contributed by atoms with Crippen molar-refractivity contribution in [1.82, 2.24) is 0 Å². The van der Waals surface area contributed by atoms with E-state index < -0.39 is 0 Å². The average molecular weight is 250 g/mol. The molecule has 0 aromatic rings. The van der Waals surface area contributed by atoms with E-state index in [4.69, 9.17) is 9.47 Å². The second-order valence-electron chi connectivity index (χ2n) is 5.78. The molecule has 1 fully saturated rings. The molecule has 0 amide bonds. The summed E-state index contributed by atoms with van der Waals surface area (Å²) in [6.07, 6.45) is 6.37. The first-order valence-corrected chi connectivity index (χ1v) is 6.72. The zero-order valence-corrected chi connectivity index (χ0v) is 12.4. The van der Waals surface area contributed by atoms with Gasteiger partial charge in [-0.15, -0.1) is 5.73 Å². The molecule has 0 atom stereocenters. The van der Waals surface area contributed by atoms with Gasteiger partial charge in [-0.1, -0.05) is 25.5 Å². The first-order chi connectivity index (χ1) is 8.42. The Bertz CT molecular complexity index is 347. The second kappa shape index (κ2) is 6.94. The minimum atomic E-state index is -0.129. The van der Waals surface area contributed by atoms with Crippen molar-refractivity contribution in [2.45, 2.75) is 53.8 Å². The largest absolute Gasteiger partial charge is 0.349 e. The standard InChI is InChI=1S/C16H26O2/c1-13(2)7-6-8-14(3)9-10-16(4,5)15-17-11-12-18-15/h7,10,15H,6,8,11-12H2,1-5H3. The third-order valence-electron chi connectivity index (χ3n) is 2.99. The zero-order valence-electron chi connectivity index (χ0n) is 12.4. The van der Waals surface area contributed by atoms with Crippen LogP contribution in [0, 0.1) is 5.41 Å². The fourth-order valence-electron chi connectivity index (χ4n) is 1.81. The van der Waals surface area contributed by atoms with Gasteiger partial charge in [0.1, 0.15) is 0 Å². The maximum absolute atomic E-state index is 5.55. The fourth-order valence-corrected chi connectivity index (χ4v) is 1.81. The van der Waals surface area contributed by atoms with Gasteiger partial charge in [-0.3, -0.25) is 0 Å². The van der Waals surface area contributed by atoms with Gasteiger partial charge in [-0.2, -0.15) is 0 Å². The van der Waals surface area contributed by atoms with Gasteiger partial charge in [0, 0.05) is 5.41 Å². The Morgan fingerprint density at radius 3 is 2.39 bits per heavy atom. The summed E-state index contributed by atoms with van der Waals surface area (Å²) < 4.78 is 11.1. The Morgan fingerprint density at radius 2 is 1.83 bits per heavy atom. The Balaban J connectivity index is 2.56. The lowest BCUT2D eigenvalue weighted by atomic mass is 9.92. The van der Waals surface area contributed by atoms with E-state index in [1.54, 1.807) is 0 Å². The summed E-state index contributed by atoms with van der Waals surface area (Å²) in [4.78, 5) is 0. The van der Waals surface area contributed by atoms with Crippen LogP contribution in [0.4, 0.5) is 0 Å². The molecule has 0 spiro atoms. The molecule has 0 N–H and O–H groups in total. The lowest BCUT2D eigenvalue weighted by Gasteiger charge is -2.25. The fraction of sp³-hybridized carbons (Fsp3) is 0.688. The number of rotatable bonds is 5. The van der Waals surface area contributed by atoms with Crippen LogP contribution in [0.1, 0.15) is 47.5 Å². The minimum absolute atomic E-state index is 0.117. The van der Waals surface area contributed by atoms with Crippen LogP contribution in [0.2, 0.25) is 0 Å². The Hall–Kier alpha value is -0.820. The smallest absolute Gasteiger partial charge is 0.166 e. The van der Waals surface area contributed by atoms with Gasteiger partial charge in [0.05, 0.1) is 13.2 Å². The van der Waals surface area contributed by atoms with Gasteiger partial charge in [0.15, 0.2) is 6.29 Å². The quantitative estimate of drug-likeness (QED) is 0.537. The Labute approximate surface area is 111 Å². The van der Waals surface area contributed by atoms with E-state index in [2.05, 4.69) is 52.5 Å². The summed E-state index contributed by atoms with van der Waals surface area (Å²) in [5, 5.41) is 0. The highest BCUT2D eigenvalue weighted by Crippen LogP contribution is 2.28.